The van der Waals surface area contributed by atoms with Gasteiger partial charge in [0.25, 0.3) is 0 Å². The van der Waals surface area contributed by atoms with Crippen LogP contribution in [0.5, 0.6) is 0 Å². The van der Waals surface area contributed by atoms with Crippen LogP contribution in [0.15, 0.2) is 23.3 Å². The molecule has 3 nitrogen and oxygen atoms in total. The Hall–Kier alpha value is -1.77. The van der Waals surface area contributed by atoms with Gasteiger partial charge in [0.05, 0.1) is 5.22 Å². The Balaban J connectivity index is 2.73. The minimum absolute atomic E-state index is 0.0683. The molecule has 13 heavy (non-hydrogen) atoms. The van der Waals surface area contributed by atoms with Crippen LogP contribution < -0.4 is 10.6 Å². The lowest BCUT2D eigenvalue weighted by Crippen LogP contribution is -2.22. The first-order valence-electron chi connectivity index (χ1n) is 3.98. The number of rotatable bonds is 1. The first-order chi connectivity index (χ1) is 6.16. The Morgan fingerprint density at radius 2 is 2.31 bits per heavy atom. The Morgan fingerprint density at radius 3 is 3.00 bits per heavy atom. The van der Waals surface area contributed by atoms with Crippen molar-refractivity contribution in [3.63, 3.8) is 0 Å². The van der Waals surface area contributed by atoms with Crippen molar-refractivity contribution < 1.29 is 9.48 Å². The fraction of sp³-hybridized carbons (Fsp3) is 0.100. The van der Waals surface area contributed by atoms with Gasteiger partial charge in [0.2, 0.25) is 6.20 Å². The fourth-order valence-electron chi connectivity index (χ4n) is 1.30. The molecule has 0 saturated carbocycles. The molecular weight excluding hydrogens is 164 g/mol. The highest BCUT2D eigenvalue weighted by Gasteiger charge is 2.07. The largest absolute Gasteiger partial charge is 0.295 e. The molecule has 0 saturated heterocycles. The predicted octanol–water partition coefficient (Wildman–Crippen LogP) is -0.111. The van der Waals surface area contributed by atoms with Crippen molar-refractivity contribution in [2.75, 3.05) is 0 Å². The third-order valence-electron chi connectivity index (χ3n) is 1.96. The topological polar surface area (TPSA) is 32.4 Å². The molecule has 1 aliphatic rings. The quantitative estimate of drug-likeness (QED) is 0.430. The van der Waals surface area contributed by atoms with Gasteiger partial charge >= 0.3 is 0 Å². The second-order valence-corrected chi connectivity index (χ2v) is 3.00. The van der Waals surface area contributed by atoms with E-state index in [-0.39, 0.29) is 5.78 Å². The molecule has 0 amide bonds. The third kappa shape index (κ3) is 1.28. The lowest BCUT2D eigenvalue weighted by atomic mass is 10.1. The van der Waals surface area contributed by atoms with Crippen LogP contribution in [0.2, 0.25) is 0 Å². The van der Waals surface area contributed by atoms with Crippen molar-refractivity contribution in [1.82, 2.24) is 0 Å². The summed E-state index contributed by atoms with van der Waals surface area (Å²) in [5.41, 5.74) is 0.709. The van der Waals surface area contributed by atoms with E-state index in [4.69, 9.17) is 0 Å². The summed E-state index contributed by atoms with van der Waals surface area (Å²) in [4.78, 5) is 11.1. The summed E-state index contributed by atoms with van der Waals surface area (Å²) >= 11 is 0. The Kier molecular flexibility index (Phi) is 1.59. The molecule has 1 aromatic rings. The maximum Gasteiger partial charge on any atom is 0.211 e. The molecule has 64 valence electrons. The van der Waals surface area contributed by atoms with Crippen molar-refractivity contribution in [3.8, 4) is 0 Å². The van der Waals surface area contributed by atoms with Crippen LogP contribution in [0.4, 0.5) is 0 Å². The molecule has 0 aliphatic carbocycles. The minimum atomic E-state index is 0.0683. The number of fused-ring (bicyclic) bond motifs is 1. The second-order valence-electron chi connectivity index (χ2n) is 3.00. The highest BCUT2D eigenvalue weighted by atomic mass is 16.1. The molecule has 0 atom stereocenters. The van der Waals surface area contributed by atoms with Crippen LogP contribution in [0.1, 0.15) is 17.3 Å². The summed E-state index contributed by atoms with van der Waals surface area (Å²) in [5.74, 6) is 0.0683. The van der Waals surface area contributed by atoms with Gasteiger partial charge in [-0.1, -0.05) is 4.68 Å². The van der Waals surface area contributed by atoms with E-state index in [0.29, 0.717) is 5.56 Å². The lowest BCUT2D eigenvalue weighted by molar-refractivity contribution is -0.417. The molecule has 0 unspecified atom stereocenters. The monoisotopic (exact) mass is 173 g/mol. The van der Waals surface area contributed by atoms with E-state index < -0.39 is 0 Å². The summed E-state index contributed by atoms with van der Waals surface area (Å²) < 4.78 is 1.49. The molecule has 3 heteroatoms. The number of ketones is 1. The maximum absolute atomic E-state index is 11.1. The van der Waals surface area contributed by atoms with Crippen molar-refractivity contribution >= 4 is 18.7 Å². The minimum Gasteiger partial charge on any atom is -0.295 e. The second kappa shape index (κ2) is 2.62. The lowest BCUT2D eigenvalue weighted by Gasteiger charge is -1.90. The van der Waals surface area contributed by atoms with Gasteiger partial charge in [-0.3, -0.25) is 4.79 Å². The Morgan fingerprint density at radius 1 is 1.54 bits per heavy atom. The average molecular weight is 173 g/mol. The molecule has 0 radical (unpaired) electrons. The van der Waals surface area contributed by atoms with Gasteiger partial charge in [-0.2, -0.15) is 0 Å². The SMILES string of the molecule is C=[N+]1C=c2cc(C(C)=O)ccc2=N1. The molecule has 0 fully saturated rings. The molecule has 1 heterocycles. The first-order valence-corrected chi connectivity index (χ1v) is 3.98. The Bertz CT molecular complexity index is 514. The van der Waals surface area contributed by atoms with Gasteiger partial charge < -0.3 is 0 Å². The average Bonchev–Trinajstić information content (AvgIpc) is 2.42. The summed E-state index contributed by atoms with van der Waals surface area (Å²) in [6.45, 7) is 5.20. The summed E-state index contributed by atoms with van der Waals surface area (Å²) in [6, 6.07) is 5.43. The van der Waals surface area contributed by atoms with Gasteiger partial charge in [-0.15, -0.1) is 0 Å². The summed E-state index contributed by atoms with van der Waals surface area (Å²) in [6.07, 6.45) is 1.79. The molecule has 0 N–H and O–H groups in total. The van der Waals surface area contributed by atoms with Crippen LogP contribution in [-0.2, 0) is 0 Å². The molecule has 1 aliphatic heterocycles. The van der Waals surface area contributed by atoms with Crippen LogP contribution in [-0.4, -0.2) is 17.2 Å². The van der Waals surface area contributed by atoms with Gasteiger partial charge in [0.15, 0.2) is 12.5 Å². The number of nitrogens with zero attached hydrogens (tertiary/aromatic N) is 2. The number of Topliss-reactive ketones (excluding diaryl/α,β-unsaturated/α-hetero) is 1. The van der Waals surface area contributed by atoms with Crippen LogP contribution in [0.3, 0.4) is 0 Å². The maximum atomic E-state index is 11.1. The number of hydrogen-bond donors (Lipinski definition) is 0. The smallest absolute Gasteiger partial charge is 0.211 e. The van der Waals surface area contributed by atoms with Crippen molar-refractivity contribution in [1.29, 1.82) is 0 Å². The standard InChI is InChI=1S/C10H9N2O/c1-7(13)8-3-4-10-9(5-8)6-12(2)11-10/h3-6H,2H2,1H3/q+1. The molecule has 0 aromatic heterocycles. The van der Waals surface area contributed by atoms with E-state index in [9.17, 15) is 4.79 Å². The van der Waals surface area contributed by atoms with Crippen LogP contribution in [0, 0.1) is 0 Å². The molecule has 0 spiro atoms. The summed E-state index contributed by atoms with van der Waals surface area (Å²) in [7, 11) is 0. The fourth-order valence-corrected chi connectivity index (χ4v) is 1.30. The highest BCUT2D eigenvalue weighted by molar-refractivity contribution is 5.93. The third-order valence-corrected chi connectivity index (χ3v) is 1.96. The normalized spacial score (nSPS) is 13.2. The number of benzene rings is 1. The molecule has 0 bridgehead atoms. The molecule has 2 rings (SSSR count). The molecule has 1 aromatic carbocycles. The van der Waals surface area contributed by atoms with E-state index in [1.54, 1.807) is 19.2 Å². The highest BCUT2D eigenvalue weighted by Crippen LogP contribution is 1.94. The zero-order chi connectivity index (χ0) is 9.42. The van der Waals surface area contributed by atoms with Crippen molar-refractivity contribution in [3.05, 3.63) is 34.3 Å². The van der Waals surface area contributed by atoms with E-state index in [0.717, 1.165) is 10.6 Å². The zero-order valence-electron chi connectivity index (χ0n) is 7.32. The van der Waals surface area contributed by atoms with Crippen molar-refractivity contribution in [2.45, 2.75) is 6.92 Å². The van der Waals surface area contributed by atoms with Crippen LogP contribution >= 0.6 is 0 Å². The van der Waals surface area contributed by atoms with Gasteiger partial charge in [0.1, 0.15) is 5.36 Å². The number of carbonyl (C=O) groups is 1. The van der Waals surface area contributed by atoms with E-state index >= 15 is 0 Å². The summed E-state index contributed by atoms with van der Waals surface area (Å²) in [5, 5.41) is 5.92. The van der Waals surface area contributed by atoms with E-state index in [2.05, 4.69) is 11.8 Å². The number of hydrogen-bond acceptors (Lipinski definition) is 2. The van der Waals surface area contributed by atoms with Gasteiger partial charge in [0, 0.05) is 10.7 Å². The van der Waals surface area contributed by atoms with Gasteiger partial charge in [-0.25, -0.2) is 0 Å². The zero-order valence-corrected chi connectivity index (χ0v) is 7.32. The number of carbonyl (C=O) groups excluding carboxylic acids is 1. The van der Waals surface area contributed by atoms with E-state index in [1.165, 1.54) is 4.68 Å². The predicted molar refractivity (Wildman–Crippen MR) is 49.1 cm³/mol. The van der Waals surface area contributed by atoms with E-state index in [1.807, 2.05) is 12.1 Å². The van der Waals surface area contributed by atoms with Crippen molar-refractivity contribution in [2.24, 2.45) is 5.10 Å². The molecular formula is C10H9N2O+. The van der Waals surface area contributed by atoms with Crippen LogP contribution in [0.25, 0.3) is 6.20 Å². The Labute approximate surface area is 75.3 Å². The van der Waals surface area contributed by atoms with Gasteiger partial charge in [-0.05, 0) is 25.1 Å². The first kappa shape index (κ1) is 7.86.